The molecule has 1 amide bonds. The number of nitrogens with zero attached hydrogens (tertiary/aromatic N) is 10. The molecule has 1 unspecified atom stereocenters. The number of fused-ring (bicyclic) bond motifs is 10. The van der Waals surface area contributed by atoms with Crippen LogP contribution in [0.1, 0.15) is 26.5 Å². The number of carbonyl (C=O) groups excluding carboxylic acids is 1. The number of benzene rings is 2. The fourth-order valence-corrected chi connectivity index (χ4v) is 9.59. The highest BCUT2D eigenvalue weighted by atomic mass is 19.1. The molecular weight excluding hydrogens is 781 g/mol. The van der Waals surface area contributed by atoms with Gasteiger partial charge in [0.25, 0.3) is 0 Å². The molecule has 0 aliphatic carbocycles. The number of aryl methyl sites for hydroxylation is 1. The summed E-state index contributed by atoms with van der Waals surface area (Å²) in [6, 6.07) is 12.2. The number of alkyl halides is 1. The Labute approximate surface area is 344 Å². The quantitative estimate of drug-likeness (QED) is 0.236. The lowest BCUT2D eigenvalue weighted by Gasteiger charge is -2.31. The van der Waals surface area contributed by atoms with E-state index < -0.39 is 23.5 Å². The Morgan fingerprint density at radius 1 is 0.967 bits per heavy atom. The fourth-order valence-electron chi connectivity index (χ4n) is 9.59. The number of amides is 1. The van der Waals surface area contributed by atoms with E-state index in [0.717, 1.165) is 30.7 Å². The first-order valence-electron chi connectivity index (χ1n) is 20.5. The van der Waals surface area contributed by atoms with Crippen molar-refractivity contribution in [1.29, 1.82) is 0 Å². The van der Waals surface area contributed by atoms with Crippen LogP contribution in [0.4, 0.5) is 29.2 Å². The Balaban J connectivity index is 0.000000379. The number of hydrogen-bond donors (Lipinski definition) is 2. The molecule has 9 heterocycles. The number of nitrogens with one attached hydrogen (secondary N) is 2. The molecule has 2 N–H and O–H groups in total. The first kappa shape index (κ1) is 38.5. The van der Waals surface area contributed by atoms with E-state index in [1.807, 2.05) is 39.5 Å². The molecule has 18 heteroatoms. The summed E-state index contributed by atoms with van der Waals surface area (Å²) in [4.78, 5) is 39.3. The van der Waals surface area contributed by atoms with Gasteiger partial charge in [-0.1, -0.05) is 6.07 Å². The Kier molecular flexibility index (Phi) is 10.1. The van der Waals surface area contributed by atoms with Gasteiger partial charge in [0.2, 0.25) is 5.91 Å². The third kappa shape index (κ3) is 7.09. The van der Waals surface area contributed by atoms with Crippen molar-refractivity contribution in [2.45, 2.75) is 63.0 Å². The average molecular weight is 827 g/mol. The summed E-state index contributed by atoms with van der Waals surface area (Å²) in [5.41, 5.74) is 2.84. The summed E-state index contributed by atoms with van der Waals surface area (Å²) in [5, 5.41) is 11.8. The van der Waals surface area contributed by atoms with Crippen molar-refractivity contribution in [3.8, 4) is 16.9 Å². The van der Waals surface area contributed by atoms with E-state index in [1.165, 1.54) is 41.8 Å². The van der Waals surface area contributed by atoms with Crippen LogP contribution < -0.4 is 15.5 Å². The molecule has 60 heavy (non-hydrogen) atoms. The molecule has 0 saturated carbocycles. The minimum Gasteiger partial charge on any atom is -0.374 e. The number of pyridine rings is 1. The van der Waals surface area contributed by atoms with Gasteiger partial charge in [0, 0.05) is 83.1 Å². The first-order valence-corrected chi connectivity index (χ1v) is 20.5. The Morgan fingerprint density at radius 2 is 1.87 bits per heavy atom. The zero-order valence-corrected chi connectivity index (χ0v) is 32.9. The van der Waals surface area contributed by atoms with Crippen molar-refractivity contribution >= 4 is 39.6 Å². The van der Waals surface area contributed by atoms with Crippen LogP contribution in [0.25, 0.3) is 39.0 Å². The van der Waals surface area contributed by atoms with Gasteiger partial charge in [0.15, 0.2) is 11.5 Å². The van der Waals surface area contributed by atoms with Gasteiger partial charge in [-0.05, 0) is 56.5 Å². The molecule has 314 valence electrons. The predicted octanol–water partition coefficient (Wildman–Crippen LogP) is 4.89. The summed E-state index contributed by atoms with van der Waals surface area (Å²) in [7, 11) is 0. The number of carbonyl (C=O) groups is 1. The van der Waals surface area contributed by atoms with Crippen LogP contribution in [0.2, 0.25) is 0 Å². The number of aromatic nitrogens is 7. The van der Waals surface area contributed by atoms with Gasteiger partial charge in [-0.3, -0.25) is 9.69 Å². The number of anilines is 2. The van der Waals surface area contributed by atoms with E-state index in [-0.39, 0.29) is 31.8 Å². The number of imidazole rings is 1. The van der Waals surface area contributed by atoms with Crippen LogP contribution in [0.5, 0.6) is 0 Å². The smallest absolute Gasteiger partial charge is 0.245 e. The summed E-state index contributed by atoms with van der Waals surface area (Å²) in [5.74, 6) is -0.220. The van der Waals surface area contributed by atoms with Gasteiger partial charge in [-0.25, -0.2) is 42.2 Å². The molecule has 5 aliphatic rings. The molecule has 0 radical (unpaired) electrons. The van der Waals surface area contributed by atoms with Gasteiger partial charge in [-0.15, -0.1) is 0 Å². The molecule has 8 bridgehead atoms. The van der Waals surface area contributed by atoms with Gasteiger partial charge in [0.05, 0.1) is 41.0 Å². The lowest BCUT2D eigenvalue weighted by Crippen LogP contribution is -2.48. The van der Waals surface area contributed by atoms with Crippen molar-refractivity contribution in [2.24, 2.45) is 0 Å². The maximum absolute atomic E-state index is 15.0. The first-order chi connectivity index (χ1) is 29.2. The minimum atomic E-state index is -0.786. The van der Waals surface area contributed by atoms with Crippen LogP contribution in [-0.2, 0) is 16.1 Å². The van der Waals surface area contributed by atoms with E-state index in [1.54, 1.807) is 0 Å². The molecule has 4 fully saturated rings. The zero-order chi connectivity index (χ0) is 41.1. The molecule has 4 aromatic heterocycles. The lowest BCUT2D eigenvalue weighted by molar-refractivity contribution is -0.133. The van der Waals surface area contributed by atoms with Crippen LogP contribution in [0.15, 0.2) is 61.1 Å². The SMILES string of the molecule is Cc1nc2cc(F)cc3c2n1C[C@H]1CN(CCCO1)C(=O)[C@@H]1C[C@@H](CN1c1ncnc2c1cnn2-c1ccc(F)cc1F)Nc1cccc-3n1.FCCN1C[C@H]2CC1CN2.[HH]. The minimum absolute atomic E-state index is 0. The normalized spacial score (nSPS) is 23.9. The molecule has 14 nitrogen and oxygen atoms in total. The van der Waals surface area contributed by atoms with Crippen LogP contribution in [0, 0.1) is 24.4 Å². The lowest BCUT2D eigenvalue weighted by atomic mass is 10.1. The monoisotopic (exact) mass is 826 g/mol. The number of hydrogen-bond acceptors (Lipinski definition) is 11. The van der Waals surface area contributed by atoms with Crippen LogP contribution in [0.3, 0.4) is 0 Å². The molecule has 5 aliphatic heterocycles. The maximum Gasteiger partial charge on any atom is 0.245 e. The molecule has 2 aromatic carbocycles. The largest absolute Gasteiger partial charge is 0.374 e. The van der Waals surface area contributed by atoms with Crippen molar-refractivity contribution in [1.82, 2.24) is 49.4 Å². The highest BCUT2D eigenvalue weighted by Gasteiger charge is 2.42. The van der Waals surface area contributed by atoms with Gasteiger partial charge in [-0.2, -0.15) is 5.10 Å². The van der Waals surface area contributed by atoms with E-state index >= 15 is 0 Å². The Hall–Kier alpha value is -5.72. The number of likely N-dealkylation sites (tertiary alicyclic amines) is 1. The number of ether oxygens (including phenoxy) is 1. The van der Waals surface area contributed by atoms with Gasteiger partial charge < -0.3 is 29.7 Å². The fraction of sp³-hybridized carbons (Fsp3) is 0.429. The Bertz CT molecular complexity index is 2590. The highest BCUT2D eigenvalue weighted by molar-refractivity contribution is 5.94. The van der Waals surface area contributed by atoms with E-state index in [0.29, 0.717) is 110 Å². The summed E-state index contributed by atoms with van der Waals surface area (Å²) < 4.78 is 65.1. The Morgan fingerprint density at radius 3 is 2.68 bits per heavy atom. The van der Waals surface area contributed by atoms with Gasteiger partial charge in [0.1, 0.15) is 53.8 Å². The molecular formula is C42H46F4N12O2. The van der Waals surface area contributed by atoms with Gasteiger partial charge >= 0.3 is 0 Å². The topological polar surface area (TPSA) is 134 Å². The standard InChI is InChI=1S/C35H31F3N10O2.C7H13FN2.H2/c1-19-42-28-12-21(37)10-24-27-4-2-5-31(44-27)43-22-13-30(35(49)45-8-3-9-50-23(16-45)17-46(19)32(24)28)47(15-22)33-25-14-41-48(34(25)40-18-39-33)29-7-6-20(36)11-26(29)38;8-1-2-10-5-6-3-7(10)4-9-6;/h2,4-7,10-12,14,18,22-23,30H,3,8-9,13,15-17H2,1H3,(H,43,44);6-7,9H,1-5H2;1H/t22-,23+,30-;6-,7?;/m01./s1. The second kappa shape index (κ2) is 15.7. The summed E-state index contributed by atoms with van der Waals surface area (Å²) >= 11 is 0. The molecule has 0 spiro atoms. The maximum atomic E-state index is 15.0. The molecule has 6 aromatic rings. The number of halogens is 4. The number of piperazine rings is 1. The molecule has 4 saturated heterocycles. The van der Waals surface area contributed by atoms with Crippen LogP contribution in [-0.4, -0.2) is 133 Å². The third-order valence-corrected chi connectivity index (χ3v) is 12.3. The van der Waals surface area contributed by atoms with Crippen LogP contribution >= 0.6 is 0 Å². The average Bonchev–Trinajstić information content (AvgIpc) is 4.07. The zero-order valence-electron chi connectivity index (χ0n) is 32.9. The predicted molar refractivity (Wildman–Crippen MR) is 218 cm³/mol. The van der Waals surface area contributed by atoms with E-state index in [4.69, 9.17) is 9.72 Å². The molecule has 11 rings (SSSR count). The second-order valence-electron chi connectivity index (χ2n) is 16.1. The highest BCUT2D eigenvalue weighted by Crippen LogP contribution is 2.35. The van der Waals surface area contributed by atoms with E-state index in [9.17, 15) is 22.4 Å². The molecule has 5 atom stereocenters. The van der Waals surface area contributed by atoms with Crippen molar-refractivity contribution in [2.75, 3.05) is 62.8 Å². The third-order valence-electron chi connectivity index (χ3n) is 12.3. The van der Waals surface area contributed by atoms with Crippen molar-refractivity contribution in [3.05, 3.63) is 84.3 Å². The van der Waals surface area contributed by atoms with E-state index in [2.05, 4.69) is 35.6 Å². The van der Waals surface area contributed by atoms with Crippen molar-refractivity contribution in [3.63, 3.8) is 0 Å². The number of rotatable bonds is 4. The van der Waals surface area contributed by atoms with Crippen molar-refractivity contribution < 1.29 is 28.5 Å². The second-order valence-corrected chi connectivity index (χ2v) is 16.1. The summed E-state index contributed by atoms with van der Waals surface area (Å²) in [6.45, 7) is 6.61. The summed E-state index contributed by atoms with van der Waals surface area (Å²) in [6.07, 6.45) is 4.88.